The highest BCUT2D eigenvalue weighted by atomic mass is 16.5. The van der Waals surface area contributed by atoms with Crippen molar-refractivity contribution >= 4 is 5.91 Å². The Morgan fingerprint density at radius 1 is 1.65 bits per heavy atom. The van der Waals surface area contributed by atoms with Crippen LogP contribution in [-0.2, 0) is 9.53 Å². The van der Waals surface area contributed by atoms with Crippen molar-refractivity contribution in [3.63, 3.8) is 0 Å². The number of hydrogen-bond donors (Lipinski definition) is 3. The van der Waals surface area contributed by atoms with E-state index in [2.05, 4.69) is 5.32 Å². The molecule has 3 atom stereocenters. The van der Waals surface area contributed by atoms with Crippen LogP contribution in [0.1, 0.15) is 34.1 Å². The van der Waals surface area contributed by atoms with Crippen molar-refractivity contribution in [3.05, 3.63) is 0 Å². The Balaban J connectivity index is 2.48. The van der Waals surface area contributed by atoms with Crippen molar-refractivity contribution in [1.82, 2.24) is 5.32 Å². The molecule has 3 unspecified atom stereocenters. The molecule has 1 saturated heterocycles. The topological polar surface area (TPSA) is 84.6 Å². The zero-order valence-corrected chi connectivity index (χ0v) is 11.1. The van der Waals surface area contributed by atoms with Crippen LogP contribution >= 0.6 is 0 Å². The molecule has 1 fully saturated rings. The van der Waals surface area contributed by atoms with Gasteiger partial charge in [0.2, 0.25) is 5.91 Å². The second-order valence-electron chi connectivity index (χ2n) is 5.93. The fraction of sp³-hybridized carbons (Fsp3) is 0.917. The summed E-state index contributed by atoms with van der Waals surface area (Å²) in [4.78, 5) is 11.8. The lowest BCUT2D eigenvalue weighted by molar-refractivity contribution is -0.126. The van der Waals surface area contributed by atoms with Crippen molar-refractivity contribution in [1.29, 1.82) is 0 Å². The molecule has 0 aromatic heterocycles. The third-order valence-electron chi connectivity index (χ3n) is 3.44. The van der Waals surface area contributed by atoms with Gasteiger partial charge in [-0.3, -0.25) is 4.79 Å². The number of nitrogens with one attached hydrogen (secondary N) is 1. The first-order valence-electron chi connectivity index (χ1n) is 6.04. The predicted octanol–water partition coefficient (Wildman–Crippen LogP) is 0.0159. The van der Waals surface area contributed by atoms with Crippen molar-refractivity contribution < 1.29 is 14.6 Å². The zero-order chi connectivity index (χ0) is 13.3. The molecular weight excluding hydrogens is 220 g/mol. The van der Waals surface area contributed by atoms with Gasteiger partial charge in [0.25, 0.3) is 0 Å². The largest absolute Gasteiger partial charge is 0.385 e. The van der Waals surface area contributed by atoms with Crippen molar-refractivity contribution in [2.24, 2.45) is 11.1 Å². The van der Waals surface area contributed by atoms with Crippen molar-refractivity contribution in [2.45, 2.75) is 51.9 Å². The first-order chi connectivity index (χ1) is 7.67. The SMILES string of the molecule is CC1OCCC1(O)CNC(=O)C(N)C(C)(C)C. The van der Waals surface area contributed by atoms with Gasteiger partial charge in [0.1, 0.15) is 5.60 Å². The van der Waals surface area contributed by atoms with Crippen LogP contribution in [0, 0.1) is 5.41 Å². The van der Waals surface area contributed by atoms with E-state index in [4.69, 9.17) is 10.5 Å². The van der Waals surface area contributed by atoms with Crippen molar-refractivity contribution in [2.75, 3.05) is 13.2 Å². The second-order valence-corrected chi connectivity index (χ2v) is 5.93. The Kier molecular flexibility index (Phi) is 4.17. The maximum absolute atomic E-state index is 11.8. The summed E-state index contributed by atoms with van der Waals surface area (Å²) in [5.74, 6) is -0.231. The quantitative estimate of drug-likeness (QED) is 0.653. The van der Waals surface area contributed by atoms with Gasteiger partial charge in [0, 0.05) is 19.6 Å². The Labute approximate surface area is 103 Å². The van der Waals surface area contributed by atoms with E-state index in [0.717, 1.165) is 0 Å². The summed E-state index contributed by atoms with van der Waals surface area (Å²) >= 11 is 0. The van der Waals surface area contributed by atoms with E-state index < -0.39 is 11.6 Å². The summed E-state index contributed by atoms with van der Waals surface area (Å²) in [7, 11) is 0. The molecule has 0 radical (unpaired) electrons. The third-order valence-corrected chi connectivity index (χ3v) is 3.44. The molecular formula is C12H24N2O3. The molecule has 0 bridgehead atoms. The lowest BCUT2D eigenvalue weighted by Crippen LogP contribution is -2.54. The molecule has 5 nitrogen and oxygen atoms in total. The lowest BCUT2D eigenvalue weighted by Gasteiger charge is -2.30. The summed E-state index contributed by atoms with van der Waals surface area (Å²) in [6, 6.07) is -0.580. The maximum atomic E-state index is 11.8. The summed E-state index contributed by atoms with van der Waals surface area (Å²) in [6.07, 6.45) is 0.285. The van der Waals surface area contributed by atoms with Gasteiger partial charge < -0.3 is 20.9 Å². The number of rotatable bonds is 3. The summed E-state index contributed by atoms with van der Waals surface area (Å²) in [6.45, 7) is 8.26. The highest BCUT2D eigenvalue weighted by Gasteiger charge is 2.40. The van der Waals surface area contributed by atoms with E-state index >= 15 is 0 Å². The first kappa shape index (κ1) is 14.4. The number of nitrogens with two attached hydrogens (primary N) is 1. The molecule has 1 rings (SSSR count). The molecule has 1 amide bonds. The number of ether oxygens (including phenoxy) is 1. The van der Waals surface area contributed by atoms with Crippen LogP contribution in [0.25, 0.3) is 0 Å². The van der Waals surface area contributed by atoms with Gasteiger partial charge in [-0.05, 0) is 12.3 Å². The molecule has 1 aliphatic heterocycles. The minimum absolute atomic E-state index is 0.191. The average molecular weight is 244 g/mol. The molecule has 0 saturated carbocycles. The maximum Gasteiger partial charge on any atom is 0.237 e. The molecule has 1 heterocycles. The Bertz CT molecular complexity index is 288. The van der Waals surface area contributed by atoms with Crippen LogP contribution < -0.4 is 11.1 Å². The standard InChI is InChI=1S/C12H24N2O3/c1-8-12(16,5-6-17-8)7-14-10(15)9(13)11(2,3)4/h8-9,16H,5-7,13H2,1-4H3,(H,14,15). The van der Waals surface area contributed by atoms with Gasteiger partial charge in [0.15, 0.2) is 0 Å². The molecule has 0 aromatic rings. The van der Waals surface area contributed by atoms with Gasteiger partial charge in [-0.1, -0.05) is 20.8 Å². The van der Waals surface area contributed by atoms with E-state index in [-0.39, 0.29) is 24.0 Å². The van der Waals surface area contributed by atoms with Gasteiger partial charge in [0.05, 0.1) is 12.1 Å². The summed E-state index contributed by atoms with van der Waals surface area (Å²) in [5.41, 5.74) is 4.58. The highest BCUT2D eigenvalue weighted by molar-refractivity contribution is 5.82. The number of carbonyl (C=O) groups excluding carboxylic acids is 1. The normalized spacial score (nSPS) is 31.3. The van der Waals surface area contributed by atoms with Crippen molar-refractivity contribution in [3.8, 4) is 0 Å². The van der Waals surface area contributed by atoms with E-state index in [1.165, 1.54) is 0 Å². The average Bonchev–Trinajstić information content (AvgIpc) is 2.54. The fourth-order valence-electron chi connectivity index (χ4n) is 1.75. The van der Waals surface area contributed by atoms with Crippen LogP contribution in [0.4, 0.5) is 0 Å². The molecule has 1 aliphatic rings. The minimum Gasteiger partial charge on any atom is -0.385 e. The zero-order valence-electron chi connectivity index (χ0n) is 11.1. The molecule has 4 N–H and O–H groups in total. The second kappa shape index (κ2) is 4.92. The number of hydrogen-bond acceptors (Lipinski definition) is 4. The first-order valence-corrected chi connectivity index (χ1v) is 6.04. The van der Waals surface area contributed by atoms with Gasteiger partial charge >= 0.3 is 0 Å². The van der Waals surface area contributed by atoms with Gasteiger partial charge in [-0.2, -0.15) is 0 Å². The fourth-order valence-corrected chi connectivity index (χ4v) is 1.75. The summed E-state index contributed by atoms with van der Waals surface area (Å²) < 4.78 is 5.30. The third kappa shape index (κ3) is 3.40. The Morgan fingerprint density at radius 2 is 2.24 bits per heavy atom. The van der Waals surface area contributed by atoms with Crippen LogP contribution in [0.5, 0.6) is 0 Å². The number of aliphatic hydroxyl groups is 1. The van der Waals surface area contributed by atoms with Gasteiger partial charge in [-0.25, -0.2) is 0 Å². The van der Waals surface area contributed by atoms with E-state index in [1.54, 1.807) is 0 Å². The lowest BCUT2D eigenvalue weighted by atomic mass is 9.86. The molecule has 0 spiro atoms. The van der Waals surface area contributed by atoms with Crippen LogP contribution in [-0.4, -0.2) is 41.9 Å². The predicted molar refractivity (Wildman–Crippen MR) is 65.4 cm³/mol. The van der Waals surface area contributed by atoms with Crippen LogP contribution in [0.3, 0.4) is 0 Å². The monoisotopic (exact) mass is 244 g/mol. The smallest absolute Gasteiger partial charge is 0.237 e. The minimum atomic E-state index is -0.965. The highest BCUT2D eigenvalue weighted by Crippen LogP contribution is 2.25. The molecule has 0 aliphatic carbocycles. The van der Waals surface area contributed by atoms with Gasteiger partial charge in [-0.15, -0.1) is 0 Å². The molecule has 100 valence electrons. The summed E-state index contributed by atoms with van der Waals surface area (Å²) in [5, 5.41) is 12.9. The number of amides is 1. The van der Waals surface area contributed by atoms with E-state index in [0.29, 0.717) is 13.0 Å². The number of carbonyl (C=O) groups is 1. The van der Waals surface area contributed by atoms with Crippen LogP contribution in [0.2, 0.25) is 0 Å². The van der Waals surface area contributed by atoms with E-state index in [1.807, 2.05) is 27.7 Å². The van der Waals surface area contributed by atoms with Crippen LogP contribution in [0.15, 0.2) is 0 Å². The molecule has 0 aromatic carbocycles. The molecule has 5 heteroatoms. The Morgan fingerprint density at radius 3 is 2.65 bits per heavy atom. The van der Waals surface area contributed by atoms with E-state index in [9.17, 15) is 9.90 Å². The Hall–Kier alpha value is -0.650. The molecule has 17 heavy (non-hydrogen) atoms.